The minimum absolute atomic E-state index is 0.0655. The molecule has 0 heterocycles. The van der Waals surface area contributed by atoms with E-state index < -0.39 is 11.9 Å². The Morgan fingerprint density at radius 2 is 2.05 bits per heavy atom. The van der Waals surface area contributed by atoms with Gasteiger partial charge >= 0.3 is 5.97 Å². The Balaban J connectivity index is 1.76. The Bertz CT molecular complexity index is 441. The Morgan fingerprint density at radius 1 is 1.32 bits per heavy atom. The van der Waals surface area contributed by atoms with Crippen LogP contribution in [0.2, 0.25) is 0 Å². The van der Waals surface area contributed by atoms with Crippen molar-refractivity contribution in [3.63, 3.8) is 0 Å². The molecule has 2 unspecified atom stereocenters. The zero-order valence-corrected chi connectivity index (χ0v) is 10.7. The summed E-state index contributed by atoms with van der Waals surface area (Å²) < 4.78 is 5.51. The van der Waals surface area contributed by atoms with Crippen molar-refractivity contribution in [3.8, 4) is 0 Å². The summed E-state index contributed by atoms with van der Waals surface area (Å²) in [5, 5.41) is 9.04. The molecule has 1 aliphatic rings. The van der Waals surface area contributed by atoms with E-state index in [0.717, 1.165) is 5.56 Å². The summed E-state index contributed by atoms with van der Waals surface area (Å²) in [4.78, 5) is 22.7. The van der Waals surface area contributed by atoms with Crippen molar-refractivity contribution in [2.75, 3.05) is 6.61 Å². The Kier molecular flexibility index (Phi) is 4.68. The third kappa shape index (κ3) is 3.64. The van der Waals surface area contributed by atoms with E-state index in [1.54, 1.807) is 0 Å². The number of carboxylic acid groups (broad SMARTS) is 1. The van der Waals surface area contributed by atoms with Gasteiger partial charge in [0.15, 0.2) is 0 Å². The summed E-state index contributed by atoms with van der Waals surface area (Å²) in [5.74, 6) is -1.68. The van der Waals surface area contributed by atoms with Crippen LogP contribution >= 0.6 is 0 Å². The first-order valence-electron chi connectivity index (χ1n) is 6.55. The predicted octanol–water partition coefficient (Wildman–Crippen LogP) is 2.27. The highest BCUT2D eigenvalue weighted by molar-refractivity contribution is 5.89. The maximum absolute atomic E-state index is 11.6. The molecule has 1 saturated carbocycles. The number of ketones is 1. The number of hydrogen-bond donors (Lipinski definition) is 1. The first-order valence-corrected chi connectivity index (χ1v) is 6.55. The largest absolute Gasteiger partial charge is 0.481 e. The monoisotopic (exact) mass is 262 g/mol. The van der Waals surface area contributed by atoms with E-state index in [4.69, 9.17) is 9.84 Å². The minimum atomic E-state index is -0.862. The van der Waals surface area contributed by atoms with Crippen LogP contribution in [-0.2, 0) is 20.9 Å². The predicted molar refractivity (Wildman–Crippen MR) is 69.6 cm³/mol. The highest BCUT2D eigenvalue weighted by atomic mass is 16.5. The normalized spacial score (nSPS) is 22.6. The molecule has 2 atom stereocenters. The van der Waals surface area contributed by atoms with Crippen LogP contribution in [0.15, 0.2) is 30.3 Å². The fourth-order valence-electron chi connectivity index (χ4n) is 2.54. The number of Topliss-reactive ketones (excluding diaryl/α,β-unsaturated/α-hetero) is 1. The molecule has 4 heteroatoms. The van der Waals surface area contributed by atoms with Crippen LogP contribution in [0.25, 0.3) is 0 Å². The molecule has 1 aromatic rings. The second-order valence-electron chi connectivity index (χ2n) is 4.88. The molecule has 0 bridgehead atoms. The van der Waals surface area contributed by atoms with Crippen molar-refractivity contribution < 1.29 is 19.4 Å². The molecule has 0 radical (unpaired) electrons. The van der Waals surface area contributed by atoms with E-state index >= 15 is 0 Å². The zero-order chi connectivity index (χ0) is 13.7. The third-order valence-corrected chi connectivity index (χ3v) is 3.60. The lowest BCUT2D eigenvalue weighted by Crippen LogP contribution is -2.23. The topological polar surface area (TPSA) is 63.6 Å². The van der Waals surface area contributed by atoms with Crippen LogP contribution in [0.5, 0.6) is 0 Å². The van der Waals surface area contributed by atoms with Gasteiger partial charge in [0.05, 0.1) is 12.5 Å². The van der Waals surface area contributed by atoms with E-state index in [9.17, 15) is 9.59 Å². The lowest BCUT2D eigenvalue weighted by atomic mass is 9.93. The molecule has 0 aromatic heterocycles. The molecule has 0 saturated heterocycles. The lowest BCUT2D eigenvalue weighted by molar-refractivity contribution is -0.144. The van der Waals surface area contributed by atoms with Gasteiger partial charge in [-0.25, -0.2) is 0 Å². The summed E-state index contributed by atoms with van der Waals surface area (Å²) in [6.45, 7) is 0.925. The first kappa shape index (κ1) is 13.7. The van der Waals surface area contributed by atoms with E-state index in [1.807, 2.05) is 30.3 Å². The smallest absolute Gasteiger partial charge is 0.307 e. The van der Waals surface area contributed by atoms with E-state index in [0.29, 0.717) is 32.5 Å². The summed E-state index contributed by atoms with van der Waals surface area (Å²) >= 11 is 0. The highest BCUT2D eigenvalue weighted by Gasteiger charge is 2.38. The van der Waals surface area contributed by atoms with Crippen molar-refractivity contribution in [2.24, 2.45) is 11.8 Å². The molecule has 1 fully saturated rings. The molecule has 19 heavy (non-hydrogen) atoms. The molecule has 1 aromatic carbocycles. The van der Waals surface area contributed by atoms with Crippen LogP contribution in [0.3, 0.4) is 0 Å². The van der Waals surface area contributed by atoms with Gasteiger partial charge in [-0.3, -0.25) is 9.59 Å². The first-order chi connectivity index (χ1) is 9.18. The van der Waals surface area contributed by atoms with Gasteiger partial charge in [0.25, 0.3) is 0 Å². The molecule has 2 rings (SSSR count). The van der Waals surface area contributed by atoms with Gasteiger partial charge in [-0.05, 0) is 18.4 Å². The Labute approximate surface area is 112 Å². The van der Waals surface area contributed by atoms with E-state index in [1.165, 1.54) is 0 Å². The summed E-state index contributed by atoms with van der Waals surface area (Å²) in [7, 11) is 0. The molecule has 0 amide bonds. The highest BCUT2D eigenvalue weighted by Crippen LogP contribution is 2.31. The average molecular weight is 262 g/mol. The van der Waals surface area contributed by atoms with Crippen LogP contribution in [0.1, 0.15) is 24.8 Å². The maximum Gasteiger partial charge on any atom is 0.307 e. The molecule has 1 aliphatic carbocycles. The van der Waals surface area contributed by atoms with Crippen molar-refractivity contribution in [3.05, 3.63) is 35.9 Å². The van der Waals surface area contributed by atoms with Crippen LogP contribution < -0.4 is 0 Å². The van der Waals surface area contributed by atoms with Gasteiger partial charge in [-0.1, -0.05) is 30.3 Å². The van der Waals surface area contributed by atoms with Gasteiger partial charge in [0.1, 0.15) is 5.78 Å². The summed E-state index contributed by atoms with van der Waals surface area (Å²) in [5.41, 5.74) is 1.08. The van der Waals surface area contributed by atoms with Crippen molar-refractivity contribution in [1.82, 2.24) is 0 Å². The van der Waals surface area contributed by atoms with Gasteiger partial charge in [0.2, 0.25) is 0 Å². The Morgan fingerprint density at radius 3 is 2.74 bits per heavy atom. The second kappa shape index (κ2) is 6.48. The molecule has 0 aliphatic heterocycles. The van der Waals surface area contributed by atoms with Gasteiger partial charge in [0, 0.05) is 18.9 Å². The minimum Gasteiger partial charge on any atom is -0.481 e. The molecule has 4 nitrogen and oxygen atoms in total. The number of carbonyl (C=O) groups is 2. The molecule has 0 spiro atoms. The summed E-state index contributed by atoms with van der Waals surface area (Å²) in [6, 6.07) is 9.78. The number of benzene rings is 1. The Hall–Kier alpha value is -1.68. The van der Waals surface area contributed by atoms with Crippen molar-refractivity contribution >= 4 is 11.8 Å². The van der Waals surface area contributed by atoms with Crippen molar-refractivity contribution in [1.29, 1.82) is 0 Å². The standard InChI is InChI=1S/C15H18O4/c16-14-7-6-13(15(17)18)12(14)8-9-19-10-11-4-2-1-3-5-11/h1-5,12-13H,6-10H2,(H,17,18). The van der Waals surface area contributed by atoms with Gasteiger partial charge in [-0.2, -0.15) is 0 Å². The number of carboxylic acids is 1. The van der Waals surface area contributed by atoms with Crippen molar-refractivity contribution in [2.45, 2.75) is 25.9 Å². The third-order valence-electron chi connectivity index (χ3n) is 3.60. The fraction of sp³-hybridized carbons (Fsp3) is 0.467. The van der Waals surface area contributed by atoms with Crippen LogP contribution in [0, 0.1) is 11.8 Å². The molecule has 102 valence electrons. The lowest BCUT2D eigenvalue weighted by Gasteiger charge is -2.14. The van der Waals surface area contributed by atoms with E-state index in [2.05, 4.69) is 0 Å². The average Bonchev–Trinajstić information content (AvgIpc) is 2.77. The quantitative estimate of drug-likeness (QED) is 0.799. The van der Waals surface area contributed by atoms with E-state index in [-0.39, 0.29) is 11.7 Å². The molecule has 1 N–H and O–H groups in total. The maximum atomic E-state index is 11.6. The van der Waals surface area contributed by atoms with Gasteiger partial charge in [-0.15, -0.1) is 0 Å². The second-order valence-corrected chi connectivity index (χ2v) is 4.88. The number of ether oxygens (including phenoxy) is 1. The zero-order valence-electron chi connectivity index (χ0n) is 10.7. The summed E-state index contributed by atoms with van der Waals surface area (Å²) in [6.07, 6.45) is 1.36. The molecular formula is C15H18O4. The number of hydrogen-bond acceptors (Lipinski definition) is 3. The van der Waals surface area contributed by atoms with Crippen LogP contribution in [-0.4, -0.2) is 23.5 Å². The SMILES string of the molecule is O=C(O)C1CCC(=O)C1CCOCc1ccccc1. The number of rotatable bonds is 6. The van der Waals surface area contributed by atoms with Crippen LogP contribution in [0.4, 0.5) is 0 Å². The number of carbonyl (C=O) groups excluding carboxylic acids is 1. The molecular weight excluding hydrogens is 244 g/mol. The fourth-order valence-corrected chi connectivity index (χ4v) is 2.54. The van der Waals surface area contributed by atoms with Gasteiger partial charge < -0.3 is 9.84 Å². The number of aliphatic carboxylic acids is 1.